The van der Waals surface area contributed by atoms with Crippen molar-refractivity contribution in [2.45, 2.75) is 25.3 Å². The summed E-state index contributed by atoms with van der Waals surface area (Å²) in [6.07, 6.45) is 3.16. The van der Waals surface area contributed by atoms with Gasteiger partial charge in [-0.3, -0.25) is 4.79 Å². The Labute approximate surface area is 117 Å². The number of benzene rings is 1. The summed E-state index contributed by atoms with van der Waals surface area (Å²) in [5.74, 6) is 0.194. The first-order chi connectivity index (χ1) is 8.61. The minimum Gasteiger partial charge on any atom is -0.349 e. The van der Waals surface area contributed by atoms with E-state index in [2.05, 4.69) is 5.32 Å². The SMILES string of the molecule is NCC1CCCC1NC(=O)c1cc(Cl)ccc1Cl. The van der Waals surface area contributed by atoms with E-state index in [1.807, 2.05) is 0 Å². The Bertz CT molecular complexity index is 451. The summed E-state index contributed by atoms with van der Waals surface area (Å²) in [4.78, 5) is 12.1. The van der Waals surface area contributed by atoms with E-state index in [0.29, 0.717) is 28.1 Å². The summed E-state index contributed by atoms with van der Waals surface area (Å²) < 4.78 is 0. The smallest absolute Gasteiger partial charge is 0.253 e. The monoisotopic (exact) mass is 286 g/mol. The molecule has 98 valence electrons. The molecule has 18 heavy (non-hydrogen) atoms. The number of nitrogens with one attached hydrogen (secondary N) is 1. The van der Waals surface area contributed by atoms with Crippen molar-refractivity contribution >= 4 is 29.1 Å². The molecule has 1 aromatic rings. The zero-order chi connectivity index (χ0) is 13.1. The molecule has 0 heterocycles. The molecule has 3 N–H and O–H groups in total. The summed E-state index contributed by atoms with van der Waals surface area (Å²) in [7, 11) is 0. The first-order valence-corrected chi connectivity index (χ1v) is 6.83. The van der Waals surface area contributed by atoms with Crippen molar-refractivity contribution in [1.82, 2.24) is 5.32 Å². The van der Waals surface area contributed by atoms with Crippen molar-refractivity contribution in [3.63, 3.8) is 0 Å². The van der Waals surface area contributed by atoms with Gasteiger partial charge in [0.25, 0.3) is 5.91 Å². The summed E-state index contributed by atoms with van der Waals surface area (Å²) >= 11 is 11.9. The van der Waals surface area contributed by atoms with Gasteiger partial charge in [-0.05, 0) is 43.5 Å². The van der Waals surface area contributed by atoms with Gasteiger partial charge < -0.3 is 11.1 Å². The van der Waals surface area contributed by atoms with Gasteiger partial charge in [0.05, 0.1) is 10.6 Å². The van der Waals surface area contributed by atoms with Crippen LogP contribution in [0.25, 0.3) is 0 Å². The summed E-state index contributed by atoms with van der Waals surface area (Å²) in [5.41, 5.74) is 6.12. The highest BCUT2D eigenvalue weighted by Crippen LogP contribution is 2.26. The Morgan fingerprint density at radius 3 is 2.89 bits per heavy atom. The fraction of sp³-hybridized carbons (Fsp3) is 0.462. The molecule has 5 heteroatoms. The fourth-order valence-corrected chi connectivity index (χ4v) is 2.80. The van der Waals surface area contributed by atoms with E-state index in [4.69, 9.17) is 28.9 Å². The Morgan fingerprint density at radius 2 is 2.17 bits per heavy atom. The van der Waals surface area contributed by atoms with E-state index in [-0.39, 0.29) is 11.9 Å². The molecule has 0 bridgehead atoms. The first-order valence-electron chi connectivity index (χ1n) is 6.08. The molecule has 1 fully saturated rings. The molecule has 0 saturated heterocycles. The van der Waals surface area contributed by atoms with Gasteiger partial charge in [0.2, 0.25) is 0 Å². The van der Waals surface area contributed by atoms with Gasteiger partial charge in [0.1, 0.15) is 0 Å². The quantitative estimate of drug-likeness (QED) is 0.898. The molecule has 3 nitrogen and oxygen atoms in total. The van der Waals surface area contributed by atoms with Gasteiger partial charge in [0.15, 0.2) is 0 Å². The van der Waals surface area contributed by atoms with Gasteiger partial charge in [-0.25, -0.2) is 0 Å². The van der Waals surface area contributed by atoms with Crippen molar-refractivity contribution < 1.29 is 4.79 Å². The molecule has 2 atom stereocenters. The zero-order valence-electron chi connectivity index (χ0n) is 9.96. The number of halogens is 2. The number of carbonyl (C=O) groups is 1. The van der Waals surface area contributed by atoms with Gasteiger partial charge in [0, 0.05) is 11.1 Å². The lowest BCUT2D eigenvalue weighted by molar-refractivity contribution is 0.0929. The van der Waals surface area contributed by atoms with Crippen LogP contribution in [0.4, 0.5) is 0 Å². The summed E-state index contributed by atoms with van der Waals surface area (Å²) in [6.45, 7) is 0.605. The average molecular weight is 287 g/mol. The summed E-state index contributed by atoms with van der Waals surface area (Å²) in [6, 6.07) is 5.04. The second-order valence-electron chi connectivity index (χ2n) is 4.63. The van der Waals surface area contributed by atoms with Crippen LogP contribution in [0, 0.1) is 5.92 Å². The average Bonchev–Trinajstić information content (AvgIpc) is 2.79. The van der Waals surface area contributed by atoms with E-state index in [0.717, 1.165) is 19.3 Å². The van der Waals surface area contributed by atoms with Crippen LogP contribution in [0.15, 0.2) is 18.2 Å². The highest BCUT2D eigenvalue weighted by Gasteiger charge is 2.28. The molecule has 2 rings (SSSR count). The first kappa shape index (κ1) is 13.7. The van der Waals surface area contributed by atoms with Gasteiger partial charge in [-0.2, -0.15) is 0 Å². The molecule has 1 aliphatic rings. The lowest BCUT2D eigenvalue weighted by atomic mass is 10.0. The fourth-order valence-electron chi connectivity index (χ4n) is 2.43. The minimum atomic E-state index is -0.173. The molecule has 1 aromatic carbocycles. The number of hydrogen-bond donors (Lipinski definition) is 2. The molecular weight excluding hydrogens is 271 g/mol. The molecule has 0 aliphatic heterocycles. The van der Waals surface area contributed by atoms with Crippen molar-refractivity contribution in [3.8, 4) is 0 Å². The number of rotatable bonds is 3. The Hall–Kier alpha value is -0.770. The van der Waals surface area contributed by atoms with E-state index >= 15 is 0 Å². The number of nitrogens with two attached hydrogens (primary N) is 1. The molecular formula is C13H16Cl2N2O. The van der Waals surface area contributed by atoms with Crippen LogP contribution < -0.4 is 11.1 Å². The van der Waals surface area contributed by atoms with E-state index < -0.39 is 0 Å². The van der Waals surface area contributed by atoms with Crippen LogP contribution >= 0.6 is 23.2 Å². The lowest BCUT2D eigenvalue weighted by Gasteiger charge is -2.19. The Balaban J connectivity index is 2.09. The number of hydrogen-bond acceptors (Lipinski definition) is 2. The molecule has 1 aliphatic carbocycles. The third kappa shape index (κ3) is 2.97. The maximum absolute atomic E-state index is 12.1. The standard InChI is InChI=1S/C13H16Cl2N2O/c14-9-4-5-11(15)10(6-9)13(18)17-12-3-1-2-8(12)7-16/h4-6,8,12H,1-3,7,16H2,(H,17,18). The molecule has 1 saturated carbocycles. The van der Waals surface area contributed by atoms with Gasteiger partial charge in [-0.15, -0.1) is 0 Å². The van der Waals surface area contributed by atoms with Crippen molar-refractivity contribution in [3.05, 3.63) is 33.8 Å². The number of carbonyl (C=O) groups excluding carboxylic acids is 1. The van der Waals surface area contributed by atoms with E-state index in [1.165, 1.54) is 0 Å². The predicted octanol–water partition coefficient (Wildman–Crippen LogP) is 2.85. The highest BCUT2D eigenvalue weighted by molar-refractivity contribution is 6.35. The van der Waals surface area contributed by atoms with Crippen molar-refractivity contribution in [2.75, 3.05) is 6.54 Å². The maximum atomic E-state index is 12.1. The molecule has 0 aromatic heterocycles. The van der Waals surface area contributed by atoms with Crippen molar-refractivity contribution in [1.29, 1.82) is 0 Å². The van der Waals surface area contributed by atoms with Crippen LogP contribution in [-0.2, 0) is 0 Å². The second kappa shape index (κ2) is 5.91. The van der Waals surface area contributed by atoms with E-state index in [1.54, 1.807) is 18.2 Å². The van der Waals surface area contributed by atoms with Gasteiger partial charge in [-0.1, -0.05) is 29.6 Å². The summed E-state index contributed by atoms with van der Waals surface area (Å²) in [5, 5.41) is 3.92. The van der Waals surface area contributed by atoms with Crippen molar-refractivity contribution in [2.24, 2.45) is 11.7 Å². The maximum Gasteiger partial charge on any atom is 0.253 e. The van der Waals surface area contributed by atoms with Gasteiger partial charge >= 0.3 is 0 Å². The molecule has 0 spiro atoms. The van der Waals surface area contributed by atoms with Crippen LogP contribution in [-0.4, -0.2) is 18.5 Å². The van der Waals surface area contributed by atoms with Crippen LogP contribution in [0.3, 0.4) is 0 Å². The van der Waals surface area contributed by atoms with Crippen LogP contribution in [0.2, 0.25) is 10.0 Å². The van der Waals surface area contributed by atoms with Crippen LogP contribution in [0.5, 0.6) is 0 Å². The van der Waals surface area contributed by atoms with E-state index in [9.17, 15) is 4.79 Å². The van der Waals surface area contributed by atoms with Crippen LogP contribution in [0.1, 0.15) is 29.6 Å². The number of amides is 1. The minimum absolute atomic E-state index is 0.151. The predicted molar refractivity (Wildman–Crippen MR) is 74.1 cm³/mol. The second-order valence-corrected chi connectivity index (χ2v) is 5.47. The third-order valence-corrected chi connectivity index (χ3v) is 4.02. The Morgan fingerprint density at radius 1 is 1.39 bits per heavy atom. The third-order valence-electron chi connectivity index (χ3n) is 3.45. The topological polar surface area (TPSA) is 55.1 Å². The molecule has 1 amide bonds. The Kier molecular flexibility index (Phi) is 4.49. The lowest BCUT2D eigenvalue weighted by Crippen LogP contribution is -2.39. The highest BCUT2D eigenvalue weighted by atomic mass is 35.5. The largest absolute Gasteiger partial charge is 0.349 e. The molecule has 2 unspecified atom stereocenters. The molecule has 0 radical (unpaired) electrons. The normalized spacial score (nSPS) is 23.1. The zero-order valence-corrected chi connectivity index (χ0v) is 11.5.